The van der Waals surface area contributed by atoms with E-state index < -0.39 is 31.7 Å². The first-order valence-corrected chi connectivity index (χ1v) is 34.3. The van der Waals surface area contributed by atoms with Crippen molar-refractivity contribution >= 4 is 105 Å². The minimum atomic E-state index is -0.877. The summed E-state index contributed by atoms with van der Waals surface area (Å²) in [5.41, 5.74) is 0. The molecule has 0 saturated heterocycles. The summed E-state index contributed by atoms with van der Waals surface area (Å²) in [5.74, 6) is 0. The molecular formula is C72H64ClP4Ru+4. The topological polar surface area (TPSA) is 0 Å². The van der Waals surface area contributed by atoms with E-state index in [1.54, 1.807) is 0 Å². The molecule has 0 fully saturated rings. The second kappa shape index (κ2) is 32.9. The Kier molecular flexibility index (Phi) is 24.2. The Morgan fingerprint density at radius 1 is 0.128 bits per heavy atom. The van der Waals surface area contributed by atoms with E-state index in [1.807, 2.05) is 17.3 Å². The van der Waals surface area contributed by atoms with Crippen LogP contribution in [0.25, 0.3) is 0 Å². The van der Waals surface area contributed by atoms with Crippen molar-refractivity contribution in [2.75, 3.05) is 0 Å². The first-order chi connectivity index (χ1) is 38.8. The Balaban J connectivity index is 0.000000136. The van der Waals surface area contributed by atoms with Crippen LogP contribution < -0.4 is 63.7 Å². The molecule has 12 aromatic rings. The maximum atomic E-state index is 4.57. The van der Waals surface area contributed by atoms with Crippen LogP contribution in [0.5, 0.6) is 0 Å². The molecule has 0 aliphatic rings. The molecule has 0 amide bonds. The molecule has 0 heterocycles. The van der Waals surface area contributed by atoms with E-state index in [1.165, 1.54) is 63.7 Å². The standard InChI is InChI=1S/4C18H15P.ClH.Ru/c4*1-4-10-16(11-5-1)19(17-12-6-2-7-13-17)18-14-8-3-9-15-18;;/h4*1-15H;1H;/q;;;;;+1/p+3. The van der Waals surface area contributed by atoms with Crippen LogP contribution in [0.1, 0.15) is 0 Å². The predicted octanol–water partition coefficient (Wildman–Crippen LogP) is 13.4. The molecule has 12 rings (SSSR count). The molecule has 0 unspecified atom stereocenters. The van der Waals surface area contributed by atoms with Crippen LogP contribution in [0, 0.1) is 0 Å². The van der Waals surface area contributed by atoms with Gasteiger partial charge in [0.05, 0.1) is 31.7 Å². The van der Waals surface area contributed by atoms with Gasteiger partial charge < -0.3 is 0 Å². The van der Waals surface area contributed by atoms with Crippen molar-refractivity contribution in [3.05, 3.63) is 364 Å². The average Bonchev–Trinajstić information content (AvgIpc) is 3.55. The summed E-state index contributed by atoms with van der Waals surface area (Å²) in [6.45, 7) is 0. The first-order valence-electron chi connectivity index (χ1n) is 26.1. The molecule has 0 aliphatic heterocycles. The summed E-state index contributed by atoms with van der Waals surface area (Å²) in [4.78, 5) is 0. The van der Waals surface area contributed by atoms with Crippen molar-refractivity contribution in [1.29, 1.82) is 0 Å². The van der Waals surface area contributed by atoms with Gasteiger partial charge >= 0.3 is 27.0 Å². The molecule has 0 bridgehead atoms. The summed E-state index contributed by atoms with van der Waals surface area (Å²) in [7, 11) is 1.06. The van der Waals surface area contributed by atoms with Crippen LogP contribution in [-0.2, 0) is 17.3 Å². The van der Waals surface area contributed by atoms with E-state index in [9.17, 15) is 0 Å². The van der Waals surface area contributed by atoms with Crippen LogP contribution in [0.4, 0.5) is 0 Å². The number of hydrogen-bond donors (Lipinski definition) is 0. The van der Waals surface area contributed by atoms with Crippen molar-refractivity contribution in [3.63, 3.8) is 0 Å². The Morgan fingerprint density at radius 2 is 0.192 bits per heavy atom. The van der Waals surface area contributed by atoms with Crippen molar-refractivity contribution in [1.82, 2.24) is 0 Å². The third-order valence-corrected chi connectivity index (χ3v) is 23.7. The van der Waals surface area contributed by atoms with Crippen LogP contribution >= 0.6 is 41.4 Å². The van der Waals surface area contributed by atoms with Crippen molar-refractivity contribution in [2.45, 2.75) is 0 Å². The van der Waals surface area contributed by atoms with Crippen LogP contribution in [-0.4, -0.2) is 0 Å². The third kappa shape index (κ3) is 17.1. The molecule has 78 heavy (non-hydrogen) atoms. The number of rotatable bonds is 12. The van der Waals surface area contributed by atoms with Gasteiger partial charge in [-0.05, 0) is 146 Å². The van der Waals surface area contributed by atoms with E-state index in [4.69, 9.17) is 0 Å². The summed E-state index contributed by atoms with van der Waals surface area (Å²) in [6.07, 6.45) is 0. The Labute approximate surface area is 482 Å². The van der Waals surface area contributed by atoms with Crippen molar-refractivity contribution in [2.24, 2.45) is 0 Å². The third-order valence-electron chi connectivity index (χ3n) is 12.7. The van der Waals surface area contributed by atoms with Crippen LogP contribution in [0.2, 0.25) is 0 Å². The summed E-state index contributed by atoms with van der Waals surface area (Å²) in [5, 5.41) is 17.2. The number of benzene rings is 12. The average molecular weight is 1190 g/mol. The zero-order valence-electron chi connectivity index (χ0n) is 43.4. The predicted molar refractivity (Wildman–Crippen MR) is 352 cm³/mol. The quantitative estimate of drug-likeness (QED) is 0.0845. The van der Waals surface area contributed by atoms with E-state index in [-0.39, 0.29) is 0 Å². The molecule has 0 nitrogen and oxygen atoms in total. The molecule has 6 heteroatoms. The molecule has 0 aromatic heterocycles. The van der Waals surface area contributed by atoms with Gasteiger partial charge in [0.2, 0.25) is 0 Å². The van der Waals surface area contributed by atoms with Gasteiger partial charge in [-0.25, -0.2) is 0 Å². The van der Waals surface area contributed by atoms with Gasteiger partial charge in [-0.15, -0.1) is 0 Å². The second-order valence-corrected chi connectivity index (χ2v) is 27.8. The summed E-state index contributed by atoms with van der Waals surface area (Å²) >= 11 is 1.82. The SMILES string of the molecule is [Cl][Ru].c1ccc([PH+](c2ccccc2)c2ccccc2)cc1.c1ccc([PH+](c2ccccc2)c2ccccc2)cc1.c1ccc([PH+](c2ccccc2)c2ccccc2)cc1.c1ccc([PH+](c2ccccc2)c2ccccc2)cc1. The summed E-state index contributed by atoms with van der Waals surface area (Å²) < 4.78 is 0. The second-order valence-electron chi connectivity index (χ2n) is 17.9. The van der Waals surface area contributed by atoms with Gasteiger partial charge in [0.1, 0.15) is 63.7 Å². The zero-order chi connectivity index (χ0) is 53.7. The van der Waals surface area contributed by atoms with Gasteiger partial charge in [0.15, 0.2) is 0 Å². The maximum absolute atomic E-state index is 4.57. The molecular weight excluding hydrogens is 1130 g/mol. The largest absolute Gasteiger partial charge is 0.102 e. The van der Waals surface area contributed by atoms with Crippen LogP contribution in [0.3, 0.4) is 0 Å². The normalized spacial score (nSPS) is 10.4. The molecule has 0 spiro atoms. The first kappa shape index (κ1) is 57.4. The Morgan fingerprint density at radius 3 is 0.256 bits per heavy atom. The fourth-order valence-corrected chi connectivity index (χ4v) is 19.6. The van der Waals surface area contributed by atoms with Gasteiger partial charge in [0.25, 0.3) is 0 Å². The molecule has 0 saturated carbocycles. The zero-order valence-corrected chi connectivity index (χ0v) is 49.9. The van der Waals surface area contributed by atoms with E-state index >= 15 is 0 Å². The summed E-state index contributed by atoms with van der Waals surface area (Å²) in [6, 6.07) is 130. The number of halogens is 1. The van der Waals surface area contributed by atoms with E-state index in [2.05, 4.69) is 374 Å². The Bertz CT molecular complexity index is 2580. The van der Waals surface area contributed by atoms with Gasteiger partial charge in [0, 0.05) is 0 Å². The fraction of sp³-hybridized carbons (Fsp3) is 0. The number of hydrogen-bond acceptors (Lipinski definition) is 0. The van der Waals surface area contributed by atoms with Crippen LogP contribution in [0.15, 0.2) is 364 Å². The molecule has 0 N–H and O–H groups in total. The van der Waals surface area contributed by atoms with Gasteiger partial charge in [-0.3, -0.25) is 0 Å². The maximum Gasteiger partial charge on any atom is 0.102 e. The van der Waals surface area contributed by atoms with E-state index in [0.717, 1.165) is 0 Å². The smallest absolute Gasteiger partial charge is 0.0620 e. The van der Waals surface area contributed by atoms with Crippen molar-refractivity contribution < 1.29 is 17.3 Å². The monoisotopic (exact) mass is 1190 g/mol. The minimum absolute atomic E-state index is 0.877. The molecule has 0 radical (unpaired) electrons. The van der Waals surface area contributed by atoms with E-state index in [0.29, 0.717) is 0 Å². The Hall–Kier alpha value is -6.73. The molecule has 0 aliphatic carbocycles. The minimum Gasteiger partial charge on any atom is -0.0620 e. The molecule has 0 atom stereocenters. The van der Waals surface area contributed by atoms with Crippen molar-refractivity contribution in [3.8, 4) is 0 Å². The molecule has 12 aromatic carbocycles. The fourth-order valence-electron chi connectivity index (χ4n) is 9.26. The van der Waals surface area contributed by atoms with Gasteiger partial charge in [-0.1, -0.05) is 218 Å². The van der Waals surface area contributed by atoms with Gasteiger partial charge in [-0.2, -0.15) is 0 Å². The molecule has 383 valence electrons.